The van der Waals surface area contributed by atoms with Gasteiger partial charge >= 0.3 is 6.03 Å². The third kappa shape index (κ3) is 3.57. The zero-order valence-electron chi connectivity index (χ0n) is 11.2. The molecule has 8 heteroatoms. The zero-order chi connectivity index (χ0) is 13.8. The highest BCUT2D eigenvalue weighted by Gasteiger charge is 2.49. The highest BCUT2D eigenvalue weighted by molar-refractivity contribution is 6.08. The first-order valence-electron chi connectivity index (χ1n) is 6.11. The maximum Gasteiger partial charge on any atom is 0.325 e. The molecule has 1 fully saturated rings. The fourth-order valence-corrected chi connectivity index (χ4v) is 1.96. The van der Waals surface area contributed by atoms with Gasteiger partial charge in [-0.2, -0.15) is 0 Å². The van der Waals surface area contributed by atoms with Gasteiger partial charge < -0.3 is 16.4 Å². The molecule has 0 saturated carbocycles. The average molecular weight is 293 g/mol. The Bertz CT molecular complexity index is 358. The van der Waals surface area contributed by atoms with Gasteiger partial charge in [0.25, 0.3) is 5.91 Å². The van der Waals surface area contributed by atoms with Crippen molar-refractivity contribution in [1.29, 1.82) is 0 Å². The summed E-state index contributed by atoms with van der Waals surface area (Å²) in [5, 5.41) is 5.19. The van der Waals surface area contributed by atoms with Gasteiger partial charge in [0, 0.05) is 13.1 Å². The Labute approximate surface area is 118 Å². The Balaban J connectivity index is 0.00000324. The van der Waals surface area contributed by atoms with Crippen molar-refractivity contribution in [2.75, 3.05) is 19.6 Å². The maximum absolute atomic E-state index is 12.1. The van der Waals surface area contributed by atoms with E-state index < -0.39 is 11.6 Å². The number of nitrogens with zero attached hydrogens (tertiary/aromatic N) is 1. The molecule has 1 saturated heterocycles. The molecule has 0 aliphatic carbocycles. The number of nitrogens with two attached hydrogens (primary N) is 1. The lowest BCUT2D eigenvalue weighted by Crippen LogP contribution is -2.46. The number of nitrogens with one attached hydrogen (secondary N) is 2. The van der Waals surface area contributed by atoms with Crippen LogP contribution in [0.25, 0.3) is 0 Å². The average Bonchev–Trinajstić information content (AvgIpc) is 2.61. The predicted octanol–water partition coefficient (Wildman–Crippen LogP) is -0.406. The van der Waals surface area contributed by atoms with E-state index >= 15 is 0 Å². The molecule has 0 bridgehead atoms. The lowest BCUT2D eigenvalue weighted by atomic mass is 9.93. The Morgan fingerprint density at radius 3 is 2.37 bits per heavy atom. The summed E-state index contributed by atoms with van der Waals surface area (Å²) in [5.74, 6) is -0.715. The van der Waals surface area contributed by atoms with Crippen LogP contribution in [0, 0.1) is 0 Å². The first kappa shape index (κ1) is 17.7. The standard InChI is InChI=1S/C11H20N4O3.ClH/c1-3-11(4-2)9(17)15(10(18)14-11)7-8(16)13-6-5-12;/h3-7,12H2,1-2H3,(H,13,16)(H,14,18);1H. The molecule has 110 valence electrons. The molecule has 4 amide bonds. The second-order valence-electron chi connectivity index (χ2n) is 4.25. The summed E-state index contributed by atoms with van der Waals surface area (Å²) in [6.07, 6.45) is 1.02. The van der Waals surface area contributed by atoms with Gasteiger partial charge in [-0.25, -0.2) is 4.79 Å². The van der Waals surface area contributed by atoms with Crippen LogP contribution in [0.3, 0.4) is 0 Å². The summed E-state index contributed by atoms with van der Waals surface area (Å²) >= 11 is 0. The summed E-state index contributed by atoms with van der Waals surface area (Å²) in [6.45, 7) is 4.06. The van der Waals surface area contributed by atoms with Crippen molar-refractivity contribution >= 4 is 30.3 Å². The first-order valence-corrected chi connectivity index (χ1v) is 6.11. The summed E-state index contributed by atoms with van der Waals surface area (Å²) in [4.78, 5) is 36.3. The second-order valence-corrected chi connectivity index (χ2v) is 4.25. The number of rotatable bonds is 6. The van der Waals surface area contributed by atoms with E-state index in [4.69, 9.17) is 5.73 Å². The van der Waals surface area contributed by atoms with Gasteiger partial charge in [-0.1, -0.05) is 13.8 Å². The number of carbonyl (C=O) groups excluding carboxylic acids is 3. The molecule has 19 heavy (non-hydrogen) atoms. The van der Waals surface area contributed by atoms with E-state index in [0.717, 1.165) is 4.90 Å². The van der Waals surface area contributed by atoms with Gasteiger partial charge in [-0.3, -0.25) is 14.5 Å². The smallest absolute Gasteiger partial charge is 0.325 e. The molecule has 1 heterocycles. The number of imide groups is 1. The molecule has 1 rings (SSSR count). The van der Waals surface area contributed by atoms with Crippen LogP contribution in [0.15, 0.2) is 0 Å². The van der Waals surface area contributed by atoms with Gasteiger partial charge in [-0.15, -0.1) is 12.4 Å². The highest BCUT2D eigenvalue weighted by atomic mass is 35.5. The number of hydrogen-bond donors (Lipinski definition) is 3. The van der Waals surface area contributed by atoms with Crippen molar-refractivity contribution in [3.63, 3.8) is 0 Å². The largest absolute Gasteiger partial charge is 0.353 e. The first-order chi connectivity index (χ1) is 8.50. The number of carbonyl (C=O) groups is 3. The minimum atomic E-state index is -0.856. The number of amides is 4. The van der Waals surface area contributed by atoms with Gasteiger partial charge in [0.15, 0.2) is 0 Å². The monoisotopic (exact) mass is 292 g/mol. The van der Waals surface area contributed by atoms with Crippen molar-refractivity contribution in [3.05, 3.63) is 0 Å². The van der Waals surface area contributed by atoms with Crippen molar-refractivity contribution in [1.82, 2.24) is 15.5 Å². The van der Waals surface area contributed by atoms with Gasteiger partial charge in [0.2, 0.25) is 5.91 Å². The third-order valence-corrected chi connectivity index (χ3v) is 3.22. The molecule has 0 unspecified atom stereocenters. The van der Waals surface area contributed by atoms with Crippen molar-refractivity contribution in [2.45, 2.75) is 32.2 Å². The molecule has 1 aliphatic heterocycles. The third-order valence-electron chi connectivity index (χ3n) is 3.22. The molecule has 0 radical (unpaired) electrons. The van der Waals surface area contributed by atoms with Gasteiger partial charge in [0.1, 0.15) is 12.1 Å². The molecular weight excluding hydrogens is 272 g/mol. The molecule has 0 aromatic rings. The summed E-state index contributed by atoms with van der Waals surface area (Å²) < 4.78 is 0. The summed E-state index contributed by atoms with van der Waals surface area (Å²) in [6, 6.07) is -0.508. The van der Waals surface area contributed by atoms with Gasteiger partial charge in [-0.05, 0) is 12.8 Å². The highest BCUT2D eigenvalue weighted by Crippen LogP contribution is 2.24. The van der Waals surface area contributed by atoms with Crippen LogP contribution in [0.5, 0.6) is 0 Å². The Morgan fingerprint density at radius 2 is 1.95 bits per heavy atom. The van der Waals surface area contributed by atoms with Crippen molar-refractivity contribution in [3.8, 4) is 0 Å². The van der Waals surface area contributed by atoms with Crippen molar-refractivity contribution in [2.24, 2.45) is 5.73 Å². The maximum atomic E-state index is 12.1. The van der Waals surface area contributed by atoms with E-state index in [1.807, 2.05) is 13.8 Å². The molecule has 0 atom stereocenters. The molecular formula is C11H21ClN4O3. The van der Waals surface area contributed by atoms with E-state index in [1.54, 1.807) is 0 Å². The summed E-state index contributed by atoms with van der Waals surface area (Å²) in [5.41, 5.74) is 4.40. The quantitative estimate of drug-likeness (QED) is 0.579. The van der Waals surface area contributed by atoms with E-state index in [2.05, 4.69) is 10.6 Å². The topological polar surface area (TPSA) is 105 Å². The Kier molecular flexibility index (Phi) is 6.78. The Morgan fingerprint density at radius 1 is 1.37 bits per heavy atom. The van der Waals surface area contributed by atoms with Crippen LogP contribution in [0.2, 0.25) is 0 Å². The second kappa shape index (κ2) is 7.30. The van der Waals surface area contributed by atoms with E-state index in [1.165, 1.54) is 0 Å². The molecule has 0 aromatic carbocycles. The fraction of sp³-hybridized carbons (Fsp3) is 0.727. The van der Waals surface area contributed by atoms with Crippen LogP contribution in [-0.4, -0.2) is 47.9 Å². The van der Waals surface area contributed by atoms with Crippen LogP contribution in [0.1, 0.15) is 26.7 Å². The number of hydrogen-bond acceptors (Lipinski definition) is 4. The van der Waals surface area contributed by atoms with E-state index in [-0.39, 0.29) is 30.8 Å². The van der Waals surface area contributed by atoms with E-state index in [0.29, 0.717) is 25.9 Å². The zero-order valence-corrected chi connectivity index (χ0v) is 12.0. The molecule has 0 spiro atoms. The number of halogens is 1. The van der Waals surface area contributed by atoms with Crippen LogP contribution in [-0.2, 0) is 9.59 Å². The van der Waals surface area contributed by atoms with Crippen molar-refractivity contribution < 1.29 is 14.4 Å². The SMILES string of the molecule is CCC1(CC)NC(=O)N(CC(=O)NCCN)C1=O.Cl. The molecule has 0 aromatic heterocycles. The van der Waals surface area contributed by atoms with Crippen LogP contribution >= 0.6 is 12.4 Å². The fourth-order valence-electron chi connectivity index (χ4n) is 1.96. The number of urea groups is 1. The minimum Gasteiger partial charge on any atom is -0.353 e. The lowest BCUT2D eigenvalue weighted by molar-refractivity contribution is -0.135. The summed E-state index contributed by atoms with van der Waals surface area (Å²) in [7, 11) is 0. The lowest BCUT2D eigenvalue weighted by Gasteiger charge is -2.22. The predicted molar refractivity (Wildman–Crippen MR) is 72.9 cm³/mol. The molecule has 1 aliphatic rings. The normalized spacial score (nSPS) is 16.9. The van der Waals surface area contributed by atoms with E-state index in [9.17, 15) is 14.4 Å². The van der Waals surface area contributed by atoms with Crippen LogP contribution in [0.4, 0.5) is 4.79 Å². The molecule has 4 N–H and O–H groups in total. The molecule has 7 nitrogen and oxygen atoms in total. The van der Waals surface area contributed by atoms with Gasteiger partial charge in [0.05, 0.1) is 0 Å². The minimum absolute atomic E-state index is 0. The Hall–Kier alpha value is -1.34. The van der Waals surface area contributed by atoms with Crippen LogP contribution < -0.4 is 16.4 Å².